The topological polar surface area (TPSA) is 12.1 Å². The zero-order valence-corrected chi connectivity index (χ0v) is 41.4. The molecule has 4 aromatic heterocycles. The highest BCUT2D eigenvalue weighted by atomic mass is 15.1. The maximum atomic E-state index is 4.99. The highest BCUT2D eigenvalue weighted by Crippen LogP contribution is 2.45. The van der Waals surface area contributed by atoms with Crippen molar-refractivity contribution in [2.45, 2.75) is 78.6 Å². The Labute approximate surface area is 405 Å². The van der Waals surface area contributed by atoms with Crippen molar-refractivity contribution < 1.29 is 0 Å². The van der Waals surface area contributed by atoms with Gasteiger partial charge in [-0.1, -0.05) is 166 Å². The summed E-state index contributed by atoms with van der Waals surface area (Å²) in [5.41, 5.74) is 18.1. The summed E-state index contributed by atoms with van der Waals surface area (Å²) < 4.78 is 4.96. The van der Waals surface area contributed by atoms with Crippen LogP contribution >= 0.6 is 0 Å². The van der Waals surface area contributed by atoms with Crippen molar-refractivity contribution in [1.82, 2.24) is 8.80 Å². The zero-order valence-electron chi connectivity index (χ0n) is 41.4. The molecule has 0 N–H and O–H groups in total. The highest BCUT2D eigenvalue weighted by molar-refractivity contribution is 6.17. The summed E-state index contributed by atoms with van der Waals surface area (Å²) >= 11 is 0. The van der Waals surface area contributed by atoms with Gasteiger partial charge in [-0.05, 0) is 135 Å². The number of rotatable bonds is 6. The molecule has 0 aliphatic carbocycles. The summed E-state index contributed by atoms with van der Waals surface area (Å²) in [6.45, 7) is 25.9. The van der Waals surface area contributed by atoms with Crippen molar-refractivity contribution in [3.63, 3.8) is 0 Å². The molecule has 0 fully saturated rings. The van der Waals surface area contributed by atoms with Gasteiger partial charge in [0, 0.05) is 65.5 Å². The fourth-order valence-electron chi connectivity index (χ4n) is 11.0. The Morgan fingerprint density at radius 1 is 0.420 bits per heavy atom. The first-order valence-corrected chi connectivity index (χ1v) is 24.5. The molecule has 0 radical (unpaired) electrons. The Kier molecular flexibility index (Phi) is 9.40. The first-order valence-electron chi connectivity index (χ1n) is 24.5. The van der Waals surface area contributed by atoms with Crippen LogP contribution in [-0.2, 0) is 16.2 Å². The molecule has 0 atom stereocenters. The SMILES string of the molecule is C=c1/c(=C\c2cc3cc(C(C)(C)C)cc4c5cc(C(C)(C)C)ccc5n2c34)c2cc(C(C)(C)C)cc3c4ccc(N(c5ccccc5)c5ccc(-c6ccccc6)cc5-c5ccccc5)cc4n1c23. The van der Waals surface area contributed by atoms with Crippen molar-refractivity contribution in [3.05, 3.63) is 209 Å². The standard InChI is InChI=1S/C66H59N3/c1-41-53(39-51-33-45-32-47(65(5,6)7)36-58-55-35-46(64(2,3)4)27-31-60(55)69(51)62(45)58)57-38-48(66(8,9)10)37-56-52-29-28-50(40-61(52)67(41)63(56)57)68(49-24-18-13-19-25-49)59-30-26-44(42-20-14-11-15-21-42)34-54(59)43-22-16-12-17-23-43/h11-40H,1H2,2-10H3/b53-39+. The van der Waals surface area contributed by atoms with E-state index in [1.165, 1.54) is 93.5 Å². The van der Waals surface area contributed by atoms with Crippen molar-refractivity contribution >= 4 is 84.1 Å². The predicted molar refractivity (Wildman–Crippen MR) is 297 cm³/mol. The number of fused-ring (bicyclic) bond motifs is 6. The monoisotopic (exact) mass is 893 g/mol. The van der Waals surface area contributed by atoms with Gasteiger partial charge in [-0.3, -0.25) is 0 Å². The first kappa shape index (κ1) is 42.7. The molecule has 3 heteroatoms. The number of aromatic nitrogens is 2. The van der Waals surface area contributed by atoms with E-state index in [0.29, 0.717) is 0 Å². The minimum absolute atomic E-state index is 0.00279. The molecular formula is C66H59N3. The summed E-state index contributed by atoms with van der Waals surface area (Å²) in [6, 6.07) is 65.6. The Morgan fingerprint density at radius 2 is 1.01 bits per heavy atom. The number of benzene rings is 8. The molecule has 3 nitrogen and oxygen atoms in total. The zero-order chi connectivity index (χ0) is 47.7. The first-order chi connectivity index (χ1) is 33.0. The van der Waals surface area contributed by atoms with Crippen LogP contribution < -0.4 is 15.5 Å². The molecule has 0 aliphatic rings. The van der Waals surface area contributed by atoms with Crippen LogP contribution in [0.15, 0.2) is 176 Å². The molecule has 69 heavy (non-hydrogen) atoms. The van der Waals surface area contributed by atoms with Crippen molar-refractivity contribution in [2.75, 3.05) is 4.90 Å². The molecule has 0 aliphatic heterocycles. The van der Waals surface area contributed by atoms with Gasteiger partial charge < -0.3 is 13.7 Å². The van der Waals surface area contributed by atoms with E-state index >= 15 is 0 Å². The van der Waals surface area contributed by atoms with Crippen LogP contribution in [0, 0.1) is 0 Å². The lowest BCUT2D eigenvalue weighted by molar-refractivity contribution is 0.590. The Balaban J connectivity index is 1.13. The third-order valence-electron chi connectivity index (χ3n) is 14.8. The smallest absolute Gasteiger partial charge is 0.0620 e. The average Bonchev–Trinajstić information content (AvgIpc) is 4.06. The molecule has 0 saturated carbocycles. The van der Waals surface area contributed by atoms with Gasteiger partial charge in [-0.2, -0.15) is 0 Å². The van der Waals surface area contributed by atoms with Crippen LogP contribution in [0.4, 0.5) is 17.1 Å². The van der Waals surface area contributed by atoms with E-state index in [-0.39, 0.29) is 16.2 Å². The fourth-order valence-corrected chi connectivity index (χ4v) is 11.0. The summed E-state index contributed by atoms with van der Waals surface area (Å²) in [6.07, 6.45) is 2.43. The Hall–Kier alpha value is -7.62. The van der Waals surface area contributed by atoms with Gasteiger partial charge in [0.2, 0.25) is 0 Å². The molecule has 8 aromatic carbocycles. The van der Waals surface area contributed by atoms with Gasteiger partial charge in [-0.25, -0.2) is 0 Å². The largest absolute Gasteiger partial charge is 0.310 e. The molecule has 0 spiro atoms. The Morgan fingerprint density at radius 3 is 1.68 bits per heavy atom. The minimum atomic E-state index is -0.0717. The van der Waals surface area contributed by atoms with E-state index in [9.17, 15) is 0 Å². The van der Waals surface area contributed by atoms with Crippen LogP contribution in [0.5, 0.6) is 0 Å². The van der Waals surface area contributed by atoms with Crippen LogP contribution in [-0.4, -0.2) is 8.80 Å². The van der Waals surface area contributed by atoms with Crippen molar-refractivity contribution in [2.24, 2.45) is 0 Å². The normalized spacial score (nSPS) is 13.1. The summed E-state index contributed by atoms with van der Waals surface area (Å²) in [5, 5.41) is 9.79. The lowest BCUT2D eigenvalue weighted by atomic mass is 9.84. The van der Waals surface area contributed by atoms with Crippen molar-refractivity contribution in [3.8, 4) is 22.3 Å². The van der Waals surface area contributed by atoms with Gasteiger partial charge in [0.15, 0.2) is 0 Å². The van der Waals surface area contributed by atoms with E-state index in [1.807, 2.05) is 0 Å². The third-order valence-corrected chi connectivity index (χ3v) is 14.8. The predicted octanol–water partition coefficient (Wildman–Crippen LogP) is 16.6. The van der Waals surface area contributed by atoms with Gasteiger partial charge >= 0.3 is 0 Å². The third kappa shape index (κ3) is 6.85. The number of hydrogen-bond donors (Lipinski definition) is 0. The second-order valence-corrected chi connectivity index (χ2v) is 22.4. The summed E-state index contributed by atoms with van der Waals surface area (Å²) in [4.78, 5) is 2.43. The van der Waals surface area contributed by atoms with Gasteiger partial charge in [-0.15, -0.1) is 0 Å². The average molecular weight is 894 g/mol. The quantitative estimate of drug-likeness (QED) is 0.162. The molecule has 12 rings (SSSR count). The maximum Gasteiger partial charge on any atom is 0.0620 e. The number of hydrogen-bond acceptors (Lipinski definition) is 1. The number of anilines is 3. The van der Waals surface area contributed by atoms with Crippen LogP contribution in [0.25, 0.3) is 89.3 Å². The molecule has 0 bridgehead atoms. The van der Waals surface area contributed by atoms with Gasteiger partial charge in [0.1, 0.15) is 0 Å². The van der Waals surface area contributed by atoms with Crippen LogP contribution in [0.3, 0.4) is 0 Å². The highest BCUT2D eigenvalue weighted by Gasteiger charge is 2.26. The van der Waals surface area contributed by atoms with Gasteiger partial charge in [0.25, 0.3) is 0 Å². The fraction of sp³-hybridized carbons (Fsp3) is 0.182. The lowest BCUT2D eigenvalue weighted by Gasteiger charge is -2.28. The van der Waals surface area contributed by atoms with Crippen molar-refractivity contribution in [1.29, 1.82) is 0 Å². The number of nitrogens with zero attached hydrogens (tertiary/aromatic N) is 3. The van der Waals surface area contributed by atoms with E-state index in [1.54, 1.807) is 0 Å². The molecule has 12 aromatic rings. The maximum absolute atomic E-state index is 4.99. The van der Waals surface area contributed by atoms with E-state index in [4.69, 9.17) is 6.58 Å². The molecule has 0 saturated heterocycles. The number of para-hydroxylation sites is 1. The van der Waals surface area contributed by atoms with E-state index in [2.05, 4.69) is 258 Å². The molecule has 0 unspecified atom stereocenters. The molecule has 338 valence electrons. The lowest BCUT2D eigenvalue weighted by Crippen LogP contribution is -2.24. The van der Waals surface area contributed by atoms with Gasteiger partial charge in [0.05, 0.1) is 27.8 Å². The summed E-state index contributed by atoms with van der Waals surface area (Å²) in [7, 11) is 0. The molecule has 0 amide bonds. The Bertz CT molecular complexity index is 4060. The second kappa shape index (κ2) is 15.2. The van der Waals surface area contributed by atoms with Crippen LogP contribution in [0.1, 0.15) is 84.7 Å². The van der Waals surface area contributed by atoms with E-state index < -0.39 is 0 Å². The molecular weight excluding hydrogens is 835 g/mol. The van der Waals surface area contributed by atoms with Crippen LogP contribution in [0.2, 0.25) is 0 Å². The molecule has 4 heterocycles. The minimum Gasteiger partial charge on any atom is -0.310 e. The second-order valence-electron chi connectivity index (χ2n) is 22.4. The van der Waals surface area contributed by atoms with E-state index in [0.717, 1.165) is 33.1 Å². The summed E-state index contributed by atoms with van der Waals surface area (Å²) in [5.74, 6) is 0.